The van der Waals surface area contributed by atoms with E-state index in [0.29, 0.717) is 6.04 Å². The molecule has 3 rings (SSSR count). The maximum Gasteiger partial charge on any atom is 0.118 e. The zero-order chi connectivity index (χ0) is 10.3. The molecule has 1 N–H and O–H groups in total. The first-order valence-electron chi connectivity index (χ1n) is 5.34. The molecular formula is C12H15NO2. The quantitative estimate of drug-likeness (QED) is 0.789. The molecule has 0 spiro atoms. The Balaban J connectivity index is 1.92. The lowest BCUT2D eigenvalue weighted by molar-refractivity contribution is -0.00960. The lowest BCUT2D eigenvalue weighted by Gasteiger charge is -2.27. The summed E-state index contributed by atoms with van der Waals surface area (Å²) in [6.07, 6.45) is 1.10. The van der Waals surface area contributed by atoms with Crippen molar-refractivity contribution in [2.75, 3.05) is 20.3 Å². The SMILES string of the molecule is COc1ccc(C23CNC(CO2)C3)cc1. The van der Waals surface area contributed by atoms with Crippen molar-refractivity contribution >= 4 is 0 Å². The van der Waals surface area contributed by atoms with Crippen LogP contribution in [0.4, 0.5) is 0 Å². The normalized spacial score (nSPS) is 33.3. The van der Waals surface area contributed by atoms with E-state index in [1.807, 2.05) is 12.1 Å². The molecule has 2 heterocycles. The second kappa shape index (κ2) is 3.22. The molecule has 2 unspecified atom stereocenters. The highest BCUT2D eigenvalue weighted by Gasteiger charge is 2.47. The second-order valence-electron chi connectivity index (χ2n) is 4.32. The second-order valence-corrected chi connectivity index (χ2v) is 4.32. The maximum absolute atomic E-state index is 5.90. The Labute approximate surface area is 89.4 Å². The highest BCUT2D eigenvalue weighted by Crippen LogP contribution is 2.40. The van der Waals surface area contributed by atoms with Crippen LogP contribution in [0.1, 0.15) is 12.0 Å². The minimum Gasteiger partial charge on any atom is -0.497 e. The molecule has 15 heavy (non-hydrogen) atoms. The molecule has 0 aliphatic carbocycles. The van der Waals surface area contributed by atoms with Gasteiger partial charge in [0.15, 0.2) is 0 Å². The molecule has 0 radical (unpaired) electrons. The van der Waals surface area contributed by atoms with Gasteiger partial charge in [0.1, 0.15) is 11.4 Å². The first-order chi connectivity index (χ1) is 7.32. The number of ether oxygens (including phenoxy) is 2. The van der Waals surface area contributed by atoms with Crippen molar-refractivity contribution in [3.8, 4) is 5.75 Å². The lowest BCUT2D eigenvalue weighted by Crippen LogP contribution is -2.37. The number of hydrogen-bond donors (Lipinski definition) is 1. The molecule has 2 fully saturated rings. The number of fused-ring (bicyclic) bond motifs is 2. The fourth-order valence-corrected chi connectivity index (χ4v) is 2.54. The highest BCUT2D eigenvalue weighted by molar-refractivity contribution is 5.33. The fourth-order valence-electron chi connectivity index (χ4n) is 2.54. The molecule has 3 nitrogen and oxygen atoms in total. The molecule has 2 aliphatic heterocycles. The summed E-state index contributed by atoms with van der Waals surface area (Å²) in [6, 6.07) is 8.76. The van der Waals surface area contributed by atoms with E-state index in [2.05, 4.69) is 17.4 Å². The largest absolute Gasteiger partial charge is 0.497 e. The number of nitrogens with one attached hydrogen (secondary N) is 1. The van der Waals surface area contributed by atoms with Gasteiger partial charge in [0.2, 0.25) is 0 Å². The zero-order valence-electron chi connectivity index (χ0n) is 8.82. The molecular weight excluding hydrogens is 190 g/mol. The van der Waals surface area contributed by atoms with Crippen molar-refractivity contribution in [2.45, 2.75) is 18.1 Å². The topological polar surface area (TPSA) is 30.5 Å². The van der Waals surface area contributed by atoms with Gasteiger partial charge in [-0.05, 0) is 24.1 Å². The van der Waals surface area contributed by atoms with Crippen molar-refractivity contribution in [1.82, 2.24) is 5.32 Å². The third-order valence-electron chi connectivity index (χ3n) is 3.43. The van der Waals surface area contributed by atoms with Crippen LogP contribution in [0.25, 0.3) is 0 Å². The predicted molar refractivity (Wildman–Crippen MR) is 57.0 cm³/mol. The first kappa shape index (κ1) is 9.19. The third-order valence-corrected chi connectivity index (χ3v) is 3.43. The Morgan fingerprint density at radius 1 is 1.40 bits per heavy atom. The Morgan fingerprint density at radius 3 is 2.67 bits per heavy atom. The summed E-state index contributed by atoms with van der Waals surface area (Å²) < 4.78 is 11.0. The van der Waals surface area contributed by atoms with Crippen LogP contribution in [-0.4, -0.2) is 26.3 Å². The summed E-state index contributed by atoms with van der Waals surface area (Å²) in [5.41, 5.74) is 1.19. The summed E-state index contributed by atoms with van der Waals surface area (Å²) in [7, 11) is 1.69. The average molecular weight is 205 g/mol. The van der Waals surface area contributed by atoms with Crippen LogP contribution >= 0.6 is 0 Å². The highest BCUT2D eigenvalue weighted by atomic mass is 16.5. The Bertz CT molecular complexity index is 352. The van der Waals surface area contributed by atoms with Crippen LogP contribution in [0.2, 0.25) is 0 Å². The Morgan fingerprint density at radius 2 is 2.20 bits per heavy atom. The summed E-state index contributed by atoms with van der Waals surface area (Å²) >= 11 is 0. The van der Waals surface area contributed by atoms with Gasteiger partial charge in [-0.2, -0.15) is 0 Å². The summed E-state index contributed by atoms with van der Waals surface area (Å²) in [5, 5.41) is 3.47. The zero-order valence-corrected chi connectivity index (χ0v) is 8.82. The molecule has 2 bridgehead atoms. The van der Waals surface area contributed by atoms with Crippen molar-refractivity contribution < 1.29 is 9.47 Å². The molecule has 2 saturated heterocycles. The standard InChI is InChI=1S/C12H15NO2/c1-14-11-4-2-9(3-5-11)12-6-10(7-15-12)13-8-12/h2-5,10,13H,6-8H2,1H3. The minimum atomic E-state index is -0.0725. The van der Waals surface area contributed by atoms with Crippen LogP contribution in [0.5, 0.6) is 5.75 Å². The van der Waals surface area contributed by atoms with E-state index in [1.54, 1.807) is 7.11 Å². The lowest BCUT2D eigenvalue weighted by atomic mass is 9.93. The number of hydrogen-bond acceptors (Lipinski definition) is 3. The Hall–Kier alpha value is -1.06. The molecule has 0 aromatic heterocycles. The van der Waals surface area contributed by atoms with Gasteiger partial charge in [0, 0.05) is 12.6 Å². The number of morpholine rings is 1. The smallest absolute Gasteiger partial charge is 0.118 e. The van der Waals surface area contributed by atoms with E-state index < -0.39 is 0 Å². The molecule has 1 aromatic carbocycles. The predicted octanol–water partition coefficient (Wildman–Crippen LogP) is 1.28. The number of methoxy groups -OCH3 is 1. The summed E-state index contributed by atoms with van der Waals surface area (Å²) in [5.74, 6) is 0.899. The molecule has 0 amide bonds. The van der Waals surface area contributed by atoms with E-state index in [9.17, 15) is 0 Å². The van der Waals surface area contributed by atoms with E-state index in [4.69, 9.17) is 9.47 Å². The fraction of sp³-hybridized carbons (Fsp3) is 0.500. The average Bonchev–Trinajstić information content (AvgIpc) is 2.90. The van der Waals surface area contributed by atoms with Gasteiger partial charge < -0.3 is 14.8 Å². The first-order valence-corrected chi connectivity index (χ1v) is 5.34. The molecule has 1 aromatic rings. The number of rotatable bonds is 2. The van der Waals surface area contributed by atoms with E-state index in [0.717, 1.165) is 25.3 Å². The molecule has 3 heteroatoms. The van der Waals surface area contributed by atoms with Crippen LogP contribution in [0.3, 0.4) is 0 Å². The molecule has 2 aliphatic rings. The summed E-state index contributed by atoms with van der Waals surface area (Å²) in [6.45, 7) is 1.77. The van der Waals surface area contributed by atoms with Crippen LogP contribution in [0.15, 0.2) is 24.3 Å². The van der Waals surface area contributed by atoms with Crippen LogP contribution < -0.4 is 10.1 Å². The van der Waals surface area contributed by atoms with Gasteiger partial charge in [0.05, 0.1) is 13.7 Å². The number of benzene rings is 1. The van der Waals surface area contributed by atoms with Gasteiger partial charge in [-0.3, -0.25) is 0 Å². The van der Waals surface area contributed by atoms with Crippen LogP contribution in [0, 0.1) is 0 Å². The van der Waals surface area contributed by atoms with E-state index in [-0.39, 0.29) is 5.60 Å². The van der Waals surface area contributed by atoms with Crippen molar-refractivity contribution in [2.24, 2.45) is 0 Å². The van der Waals surface area contributed by atoms with E-state index in [1.165, 1.54) is 5.56 Å². The van der Waals surface area contributed by atoms with Crippen molar-refractivity contribution in [3.05, 3.63) is 29.8 Å². The molecule has 0 saturated carbocycles. The van der Waals surface area contributed by atoms with Gasteiger partial charge in [-0.1, -0.05) is 12.1 Å². The Kier molecular flexibility index (Phi) is 1.97. The van der Waals surface area contributed by atoms with Gasteiger partial charge >= 0.3 is 0 Å². The van der Waals surface area contributed by atoms with Gasteiger partial charge in [-0.25, -0.2) is 0 Å². The maximum atomic E-state index is 5.90. The van der Waals surface area contributed by atoms with Crippen molar-refractivity contribution in [1.29, 1.82) is 0 Å². The molecule has 2 atom stereocenters. The van der Waals surface area contributed by atoms with Gasteiger partial charge in [-0.15, -0.1) is 0 Å². The summed E-state index contributed by atoms with van der Waals surface area (Å²) in [4.78, 5) is 0. The third kappa shape index (κ3) is 1.34. The van der Waals surface area contributed by atoms with Crippen LogP contribution in [-0.2, 0) is 10.3 Å². The van der Waals surface area contributed by atoms with Crippen molar-refractivity contribution in [3.63, 3.8) is 0 Å². The van der Waals surface area contributed by atoms with E-state index >= 15 is 0 Å². The molecule has 80 valence electrons. The van der Waals surface area contributed by atoms with Gasteiger partial charge in [0.25, 0.3) is 0 Å². The monoisotopic (exact) mass is 205 g/mol. The minimum absolute atomic E-state index is 0.0725.